The van der Waals surface area contributed by atoms with E-state index < -0.39 is 0 Å². The maximum atomic E-state index is 13.7. The van der Waals surface area contributed by atoms with Crippen molar-refractivity contribution in [3.63, 3.8) is 0 Å². The second-order valence-corrected chi connectivity index (χ2v) is 4.84. The average molecular weight is 253 g/mol. The quantitative estimate of drug-likeness (QED) is 0.897. The second-order valence-electron chi connectivity index (χ2n) is 4.84. The summed E-state index contributed by atoms with van der Waals surface area (Å²) in [5, 5.41) is 0. The summed E-state index contributed by atoms with van der Waals surface area (Å²) < 4.78 is 24.6. The Hall–Kier alpha value is -1.13. The Labute approximate surface area is 107 Å². The van der Waals surface area contributed by atoms with Crippen LogP contribution in [-0.2, 0) is 4.74 Å². The first-order valence-corrected chi connectivity index (χ1v) is 6.42. The van der Waals surface area contributed by atoms with Gasteiger partial charge in [-0.15, -0.1) is 0 Å². The monoisotopic (exact) mass is 253 g/mol. The summed E-state index contributed by atoms with van der Waals surface area (Å²) >= 11 is 0. The number of nitrogens with two attached hydrogens (primary N) is 1. The highest BCUT2D eigenvalue weighted by atomic mass is 19.1. The van der Waals surface area contributed by atoms with E-state index in [2.05, 4.69) is 0 Å². The van der Waals surface area contributed by atoms with Gasteiger partial charge in [0.2, 0.25) is 0 Å². The van der Waals surface area contributed by atoms with Gasteiger partial charge in [0.15, 0.2) is 0 Å². The molecule has 2 N–H and O–H groups in total. The molecular weight excluding hydrogens is 233 g/mol. The molecule has 1 unspecified atom stereocenters. The number of ether oxygens (including phenoxy) is 2. The van der Waals surface area contributed by atoms with Crippen molar-refractivity contribution in [1.82, 2.24) is 0 Å². The number of rotatable bonds is 4. The zero-order valence-electron chi connectivity index (χ0n) is 10.7. The standard InChI is InChI=1S/C14H20FNO2/c1-10(16)13-3-2-12(8-14(13)15)18-9-11-4-6-17-7-5-11/h2-3,8,10-11H,4-7,9,16H2,1H3. The number of hydrogen-bond acceptors (Lipinski definition) is 3. The first-order chi connectivity index (χ1) is 8.66. The molecule has 18 heavy (non-hydrogen) atoms. The topological polar surface area (TPSA) is 44.5 Å². The highest BCUT2D eigenvalue weighted by Crippen LogP contribution is 2.22. The van der Waals surface area contributed by atoms with Gasteiger partial charge < -0.3 is 15.2 Å². The van der Waals surface area contributed by atoms with Crippen LogP contribution in [0.5, 0.6) is 5.75 Å². The molecule has 1 aromatic rings. The van der Waals surface area contributed by atoms with Crippen molar-refractivity contribution < 1.29 is 13.9 Å². The van der Waals surface area contributed by atoms with Crippen LogP contribution in [-0.4, -0.2) is 19.8 Å². The highest BCUT2D eigenvalue weighted by molar-refractivity contribution is 5.30. The lowest BCUT2D eigenvalue weighted by Crippen LogP contribution is -2.21. The van der Waals surface area contributed by atoms with E-state index in [-0.39, 0.29) is 11.9 Å². The van der Waals surface area contributed by atoms with E-state index >= 15 is 0 Å². The van der Waals surface area contributed by atoms with Crippen LogP contribution in [0.3, 0.4) is 0 Å². The summed E-state index contributed by atoms with van der Waals surface area (Å²) in [6.07, 6.45) is 2.03. The Morgan fingerprint density at radius 1 is 1.44 bits per heavy atom. The van der Waals surface area contributed by atoms with E-state index in [1.165, 1.54) is 6.07 Å². The largest absolute Gasteiger partial charge is 0.493 e. The van der Waals surface area contributed by atoms with Gasteiger partial charge in [0.25, 0.3) is 0 Å². The molecule has 2 rings (SSSR count). The summed E-state index contributed by atoms with van der Waals surface area (Å²) in [6, 6.07) is 4.59. The molecule has 4 heteroatoms. The van der Waals surface area contributed by atoms with Crippen molar-refractivity contribution in [1.29, 1.82) is 0 Å². The molecule has 1 aromatic carbocycles. The molecule has 0 aromatic heterocycles. The lowest BCUT2D eigenvalue weighted by molar-refractivity contribution is 0.0497. The van der Waals surface area contributed by atoms with Crippen LogP contribution in [0.2, 0.25) is 0 Å². The van der Waals surface area contributed by atoms with E-state index in [0.29, 0.717) is 23.8 Å². The van der Waals surface area contributed by atoms with Gasteiger partial charge in [0, 0.05) is 30.9 Å². The summed E-state index contributed by atoms with van der Waals surface area (Å²) in [5.74, 6) is 0.785. The summed E-state index contributed by atoms with van der Waals surface area (Å²) in [6.45, 7) is 3.99. The van der Waals surface area contributed by atoms with Gasteiger partial charge in [0.1, 0.15) is 11.6 Å². The van der Waals surface area contributed by atoms with Gasteiger partial charge in [-0.3, -0.25) is 0 Å². The maximum absolute atomic E-state index is 13.7. The normalized spacial score (nSPS) is 18.6. The summed E-state index contributed by atoms with van der Waals surface area (Å²) in [5.41, 5.74) is 6.18. The Bertz CT molecular complexity index is 389. The number of hydrogen-bond donors (Lipinski definition) is 1. The van der Waals surface area contributed by atoms with E-state index in [4.69, 9.17) is 15.2 Å². The van der Waals surface area contributed by atoms with Crippen molar-refractivity contribution in [3.8, 4) is 5.75 Å². The Morgan fingerprint density at radius 3 is 2.78 bits per heavy atom. The van der Waals surface area contributed by atoms with Crippen molar-refractivity contribution in [3.05, 3.63) is 29.6 Å². The minimum atomic E-state index is -0.297. The minimum Gasteiger partial charge on any atom is -0.493 e. The molecule has 100 valence electrons. The highest BCUT2D eigenvalue weighted by Gasteiger charge is 2.15. The lowest BCUT2D eigenvalue weighted by Gasteiger charge is -2.22. The fourth-order valence-electron chi connectivity index (χ4n) is 2.09. The van der Waals surface area contributed by atoms with Gasteiger partial charge in [-0.2, -0.15) is 0 Å². The van der Waals surface area contributed by atoms with Crippen LogP contribution in [0.4, 0.5) is 4.39 Å². The molecule has 1 aliphatic rings. The molecule has 1 saturated heterocycles. The minimum absolute atomic E-state index is 0.297. The molecule has 0 bridgehead atoms. The fourth-order valence-corrected chi connectivity index (χ4v) is 2.09. The van der Waals surface area contributed by atoms with Gasteiger partial charge in [-0.25, -0.2) is 4.39 Å². The van der Waals surface area contributed by atoms with Crippen molar-refractivity contribution in [2.75, 3.05) is 19.8 Å². The van der Waals surface area contributed by atoms with E-state index in [0.717, 1.165) is 26.1 Å². The van der Waals surface area contributed by atoms with E-state index in [1.54, 1.807) is 19.1 Å². The third-order valence-corrected chi connectivity index (χ3v) is 3.29. The molecule has 1 atom stereocenters. The van der Waals surface area contributed by atoms with Crippen molar-refractivity contribution in [2.24, 2.45) is 11.7 Å². The van der Waals surface area contributed by atoms with Crippen LogP contribution < -0.4 is 10.5 Å². The third kappa shape index (κ3) is 3.43. The number of halogens is 1. The molecule has 0 radical (unpaired) electrons. The molecule has 0 saturated carbocycles. The van der Waals surface area contributed by atoms with Crippen LogP contribution in [0.15, 0.2) is 18.2 Å². The predicted molar refractivity (Wildman–Crippen MR) is 68.0 cm³/mol. The van der Waals surface area contributed by atoms with Gasteiger partial charge >= 0.3 is 0 Å². The van der Waals surface area contributed by atoms with Crippen LogP contribution in [0.1, 0.15) is 31.4 Å². The molecule has 1 aliphatic heterocycles. The molecule has 1 fully saturated rings. The first-order valence-electron chi connectivity index (χ1n) is 6.42. The van der Waals surface area contributed by atoms with E-state index in [9.17, 15) is 4.39 Å². The van der Waals surface area contributed by atoms with Gasteiger partial charge in [-0.1, -0.05) is 6.07 Å². The summed E-state index contributed by atoms with van der Waals surface area (Å²) in [4.78, 5) is 0. The van der Waals surface area contributed by atoms with Crippen molar-refractivity contribution >= 4 is 0 Å². The Kier molecular flexibility index (Phi) is 4.55. The predicted octanol–water partition coefficient (Wildman–Crippen LogP) is 2.65. The van der Waals surface area contributed by atoms with Gasteiger partial charge in [-0.05, 0) is 31.7 Å². The molecule has 0 aliphatic carbocycles. The zero-order valence-corrected chi connectivity index (χ0v) is 10.7. The second kappa shape index (κ2) is 6.16. The number of benzene rings is 1. The van der Waals surface area contributed by atoms with Gasteiger partial charge in [0.05, 0.1) is 6.61 Å². The smallest absolute Gasteiger partial charge is 0.131 e. The fraction of sp³-hybridized carbons (Fsp3) is 0.571. The third-order valence-electron chi connectivity index (χ3n) is 3.29. The zero-order chi connectivity index (χ0) is 13.0. The average Bonchev–Trinajstić information content (AvgIpc) is 2.37. The van der Waals surface area contributed by atoms with Crippen LogP contribution in [0.25, 0.3) is 0 Å². The van der Waals surface area contributed by atoms with E-state index in [1.807, 2.05) is 0 Å². The molecular formula is C14H20FNO2. The molecule has 0 spiro atoms. The van der Waals surface area contributed by atoms with Crippen molar-refractivity contribution in [2.45, 2.75) is 25.8 Å². The van der Waals surface area contributed by atoms with Crippen LogP contribution in [0, 0.1) is 11.7 Å². The Balaban J connectivity index is 1.91. The first kappa shape index (κ1) is 13.3. The van der Waals surface area contributed by atoms with Crippen LogP contribution >= 0.6 is 0 Å². The lowest BCUT2D eigenvalue weighted by atomic mass is 10.0. The molecule has 1 heterocycles. The SMILES string of the molecule is CC(N)c1ccc(OCC2CCOCC2)cc1F. The Morgan fingerprint density at radius 2 is 2.17 bits per heavy atom. The maximum Gasteiger partial charge on any atom is 0.131 e. The molecule has 3 nitrogen and oxygen atoms in total. The molecule has 0 amide bonds. The summed E-state index contributed by atoms with van der Waals surface area (Å²) in [7, 11) is 0.